The average Bonchev–Trinajstić information content (AvgIpc) is 2.47. The molecule has 1 N–H and O–H groups in total. The molecule has 0 aliphatic carbocycles. The summed E-state index contributed by atoms with van der Waals surface area (Å²) < 4.78 is 6.58. The summed E-state index contributed by atoms with van der Waals surface area (Å²) in [5.74, 6) is 0.912. The maximum Gasteiger partial charge on any atom is 0.293 e. The molecular weight excluding hydrogens is 244 g/mol. The third-order valence-electron chi connectivity index (χ3n) is 2.72. The molecule has 100 valence electrons. The molecule has 0 aromatic carbocycles. The summed E-state index contributed by atoms with van der Waals surface area (Å²) in [6, 6.07) is 3.67. The maximum atomic E-state index is 11.9. The summed E-state index contributed by atoms with van der Waals surface area (Å²) in [6.07, 6.45) is 4.98. The van der Waals surface area contributed by atoms with Crippen molar-refractivity contribution < 1.29 is 4.74 Å². The van der Waals surface area contributed by atoms with E-state index in [-0.39, 0.29) is 5.56 Å². The van der Waals surface area contributed by atoms with E-state index in [0.29, 0.717) is 24.8 Å². The lowest BCUT2D eigenvalue weighted by Crippen LogP contribution is -2.23. The Bertz CT molecular complexity index is 592. The van der Waals surface area contributed by atoms with Crippen molar-refractivity contribution in [2.24, 2.45) is 0 Å². The van der Waals surface area contributed by atoms with Gasteiger partial charge in [-0.05, 0) is 12.5 Å². The fraction of sp³-hybridized carbons (Fsp3) is 0.308. The zero-order valence-electron chi connectivity index (χ0n) is 11.0. The van der Waals surface area contributed by atoms with E-state index in [0.717, 1.165) is 5.56 Å². The first-order valence-electron chi connectivity index (χ1n) is 6.03. The number of nitrogens with zero attached hydrogens (tertiary/aromatic N) is 3. The molecule has 19 heavy (non-hydrogen) atoms. The second kappa shape index (κ2) is 5.99. The largest absolute Gasteiger partial charge is 0.481 e. The Balaban J connectivity index is 2.08. The molecule has 6 nitrogen and oxygen atoms in total. The van der Waals surface area contributed by atoms with Gasteiger partial charge in [0, 0.05) is 37.7 Å². The molecule has 0 bridgehead atoms. The van der Waals surface area contributed by atoms with E-state index < -0.39 is 0 Å². The van der Waals surface area contributed by atoms with Crippen molar-refractivity contribution >= 4 is 5.82 Å². The topological polar surface area (TPSA) is 69.0 Å². The molecule has 0 fully saturated rings. The van der Waals surface area contributed by atoms with Crippen molar-refractivity contribution in [2.45, 2.75) is 20.0 Å². The first-order chi connectivity index (χ1) is 9.24. The van der Waals surface area contributed by atoms with Gasteiger partial charge in [0.05, 0.1) is 7.11 Å². The Morgan fingerprint density at radius 2 is 2.21 bits per heavy atom. The van der Waals surface area contributed by atoms with Crippen LogP contribution in [0.1, 0.15) is 12.5 Å². The minimum Gasteiger partial charge on any atom is -0.481 e. The van der Waals surface area contributed by atoms with Crippen LogP contribution in [-0.2, 0) is 13.1 Å². The lowest BCUT2D eigenvalue weighted by atomic mass is 10.3. The van der Waals surface area contributed by atoms with Gasteiger partial charge >= 0.3 is 0 Å². The van der Waals surface area contributed by atoms with Gasteiger partial charge in [-0.2, -0.15) is 0 Å². The normalized spacial score (nSPS) is 10.2. The Morgan fingerprint density at radius 1 is 1.37 bits per heavy atom. The molecule has 0 amide bonds. The molecule has 0 saturated heterocycles. The molecule has 2 aromatic heterocycles. The number of aryl methyl sites for hydroxylation is 1. The summed E-state index contributed by atoms with van der Waals surface area (Å²) in [6.45, 7) is 3.03. The SMILES string of the molecule is CCn1ccnc(NCc2ccc(OC)nc2)c1=O. The van der Waals surface area contributed by atoms with Crippen LogP contribution in [0.5, 0.6) is 5.88 Å². The number of nitrogens with one attached hydrogen (secondary N) is 1. The first kappa shape index (κ1) is 13.1. The predicted octanol–water partition coefficient (Wildman–Crippen LogP) is 1.28. The van der Waals surface area contributed by atoms with Crippen molar-refractivity contribution in [2.75, 3.05) is 12.4 Å². The second-order valence-electron chi connectivity index (χ2n) is 3.93. The van der Waals surface area contributed by atoms with Crippen LogP contribution in [0.15, 0.2) is 35.5 Å². The van der Waals surface area contributed by atoms with E-state index in [1.54, 1.807) is 36.3 Å². The monoisotopic (exact) mass is 260 g/mol. The highest BCUT2D eigenvalue weighted by Crippen LogP contribution is 2.07. The van der Waals surface area contributed by atoms with Gasteiger partial charge in [0.2, 0.25) is 5.88 Å². The first-order valence-corrected chi connectivity index (χ1v) is 6.03. The highest BCUT2D eigenvalue weighted by molar-refractivity contribution is 5.32. The molecule has 2 aromatic rings. The van der Waals surface area contributed by atoms with Gasteiger partial charge < -0.3 is 14.6 Å². The van der Waals surface area contributed by atoms with Gasteiger partial charge in [0.25, 0.3) is 5.56 Å². The second-order valence-corrected chi connectivity index (χ2v) is 3.93. The number of pyridine rings is 1. The van der Waals surface area contributed by atoms with E-state index in [1.807, 2.05) is 13.0 Å². The number of methoxy groups -OCH3 is 1. The van der Waals surface area contributed by atoms with Crippen LogP contribution in [-0.4, -0.2) is 21.6 Å². The zero-order chi connectivity index (χ0) is 13.7. The minimum atomic E-state index is -0.119. The highest BCUT2D eigenvalue weighted by atomic mass is 16.5. The van der Waals surface area contributed by atoms with Crippen LogP contribution in [0.4, 0.5) is 5.82 Å². The number of ether oxygens (including phenoxy) is 1. The smallest absolute Gasteiger partial charge is 0.293 e. The Hall–Kier alpha value is -2.37. The van der Waals surface area contributed by atoms with Gasteiger partial charge in [0.15, 0.2) is 5.82 Å². The zero-order valence-corrected chi connectivity index (χ0v) is 11.0. The van der Waals surface area contributed by atoms with Crippen molar-refractivity contribution in [3.8, 4) is 5.88 Å². The van der Waals surface area contributed by atoms with E-state index >= 15 is 0 Å². The van der Waals surface area contributed by atoms with Crippen molar-refractivity contribution in [1.82, 2.24) is 14.5 Å². The Labute approximate surface area is 111 Å². The lowest BCUT2D eigenvalue weighted by Gasteiger charge is -2.07. The van der Waals surface area contributed by atoms with E-state index in [9.17, 15) is 4.79 Å². The van der Waals surface area contributed by atoms with E-state index in [1.165, 1.54) is 0 Å². The molecule has 0 unspecified atom stereocenters. The minimum absolute atomic E-state index is 0.119. The standard InChI is InChI=1S/C13H16N4O2/c1-3-17-7-6-14-12(13(17)18)16-9-10-4-5-11(19-2)15-8-10/h4-8H,3,9H2,1-2H3,(H,14,16). The predicted molar refractivity (Wildman–Crippen MR) is 72.3 cm³/mol. The van der Waals surface area contributed by atoms with Crippen LogP contribution < -0.4 is 15.6 Å². The molecular formula is C13H16N4O2. The molecule has 0 atom stereocenters. The van der Waals surface area contributed by atoms with E-state index in [2.05, 4.69) is 15.3 Å². The number of hydrogen-bond donors (Lipinski definition) is 1. The van der Waals surface area contributed by atoms with Crippen molar-refractivity contribution in [3.63, 3.8) is 0 Å². The molecule has 2 rings (SSSR count). The lowest BCUT2D eigenvalue weighted by molar-refractivity contribution is 0.397. The van der Waals surface area contributed by atoms with Gasteiger partial charge in [-0.15, -0.1) is 0 Å². The maximum absolute atomic E-state index is 11.9. The number of anilines is 1. The van der Waals surface area contributed by atoms with Gasteiger partial charge in [-0.3, -0.25) is 4.79 Å². The van der Waals surface area contributed by atoms with Crippen LogP contribution >= 0.6 is 0 Å². The average molecular weight is 260 g/mol. The number of rotatable bonds is 5. The van der Waals surface area contributed by atoms with Crippen molar-refractivity contribution in [3.05, 3.63) is 46.6 Å². The molecule has 6 heteroatoms. The quantitative estimate of drug-likeness (QED) is 0.877. The van der Waals surface area contributed by atoms with Crippen molar-refractivity contribution in [1.29, 1.82) is 0 Å². The fourth-order valence-electron chi connectivity index (χ4n) is 1.64. The van der Waals surface area contributed by atoms with Crippen LogP contribution in [0.25, 0.3) is 0 Å². The summed E-state index contributed by atoms with van der Waals surface area (Å²) in [5, 5.41) is 3.02. The van der Waals surface area contributed by atoms with Crippen LogP contribution in [0.2, 0.25) is 0 Å². The number of hydrogen-bond acceptors (Lipinski definition) is 5. The third-order valence-corrected chi connectivity index (χ3v) is 2.72. The van der Waals surface area contributed by atoms with Gasteiger partial charge in [-0.1, -0.05) is 6.07 Å². The van der Waals surface area contributed by atoms with Crippen LogP contribution in [0, 0.1) is 0 Å². The molecule has 0 spiro atoms. The van der Waals surface area contributed by atoms with Crippen LogP contribution in [0.3, 0.4) is 0 Å². The summed E-state index contributed by atoms with van der Waals surface area (Å²) >= 11 is 0. The summed E-state index contributed by atoms with van der Waals surface area (Å²) in [4.78, 5) is 20.1. The summed E-state index contributed by atoms with van der Waals surface area (Å²) in [7, 11) is 1.57. The highest BCUT2D eigenvalue weighted by Gasteiger charge is 2.03. The Morgan fingerprint density at radius 3 is 2.84 bits per heavy atom. The molecule has 0 aliphatic heterocycles. The van der Waals surface area contributed by atoms with Gasteiger partial charge in [0.1, 0.15) is 0 Å². The summed E-state index contributed by atoms with van der Waals surface area (Å²) in [5.41, 5.74) is 0.834. The molecule has 0 aliphatic rings. The fourth-order valence-corrected chi connectivity index (χ4v) is 1.64. The van der Waals surface area contributed by atoms with E-state index in [4.69, 9.17) is 4.74 Å². The third kappa shape index (κ3) is 3.09. The van der Waals surface area contributed by atoms with Gasteiger partial charge in [-0.25, -0.2) is 9.97 Å². The Kier molecular flexibility index (Phi) is 4.12. The molecule has 0 radical (unpaired) electrons. The number of aromatic nitrogens is 3. The molecule has 0 saturated carbocycles. The molecule has 2 heterocycles.